The molecule has 1 aliphatic carbocycles. The molecule has 124 valence electrons. The average Bonchev–Trinajstić information content (AvgIpc) is 2.46. The third kappa shape index (κ3) is 5.90. The molecule has 2 unspecified atom stereocenters. The van der Waals surface area contributed by atoms with E-state index in [4.69, 9.17) is 15.2 Å². The van der Waals surface area contributed by atoms with Crippen molar-refractivity contribution >= 4 is 5.97 Å². The summed E-state index contributed by atoms with van der Waals surface area (Å²) in [5, 5.41) is 9.33. The molecule has 0 saturated heterocycles. The summed E-state index contributed by atoms with van der Waals surface area (Å²) in [6.45, 7) is 8.23. The molecule has 3 N–H and O–H groups in total. The predicted octanol–water partition coefficient (Wildman–Crippen LogP) is 1.09. The highest BCUT2D eigenvalue weighted by Crippen LogP contribution is 2.29. The molecule has 1 rings (SSSR count). The van der Waals surface area contributed by atoms with Gasteiger partial charge in [0.1, 0.15) is 5.54 Å². The Bertz CT molecular complexity index is 304. The minimum atomic E-state index is -1.08. The van der Waals surface area contributed by atoms with Gasteiger partial charge in [0.25, 0.3) is 0 Å². The maximum absolute atomic E-state index is 11.4. The first-order valence-corrected chi connectivity index (χ1v) is 7.95. The largest absolute Gasteiger partial charge is 0.480 e. The Labute approximate surface area is 127 Å². The first-order chi connectivity index (χ1) is 10.0. The Morgan fingerprint density at radius 3 is 2.33 bits per heavy atom. The standard InChI is InChI=1S/C15H30N2O4/c1-3-20-10-8-17(9-11-21-4-2)13-6-5-7-15(16,12-13)14(18)19/h13H,3-12,16H2,1-2H3,(H,18,19). The number of carboxylic acids is 1. The van der Waals surface area contributed by atoms with E-state index in [1.54, 1.807) is 0 Å². The summed E-state index contributed by atoms with van der Waals surface area (Å²) in [4.78, 5) is 13.6. The van der Waals surface area contributed by atoms with E-state index in [-0.39, 0.29) is 6.04 Å². The van der Waals surface area contributed by atoms with Crippen LogP contribution in [-0.2, 0) is 14.3 Å². The third-order valence-electron chi connectivity index (χ3n) is 4.16. The highest BCUT2D eigenvalue weighted by Gasteiger charge is 2.40. The van der Waals surface area contributed by atoms with Gasteiger partial charge in [0.15, 0.2) is 0 Å². The normalized spacial score (nSPS) is 26.2. The van der Waals surface area contributed by atoms with E-state index in [0.29, 0.717) is 39.3 Å². The van der Waals surface area contributed by atoms with E-state index >= 15 is 0 Å². The summed E-state index contributed by atoms with van der Waals surface area (Å²) in [5.74, 6) is -0.887. The highest BCUT2D eigenvalue weighted by atomic mass is 16.5. The molecule has 0 heterocycles. The van der Waals surface area contributed by atoms with Crippen molar-refractivity contribution in [1.82, 2.24) is 4.90 Å². The third-order valence-corrected chi connectivity index (χ3v) is 4.16. The molecular weight excluding hydrogens is 272 g/mol. The first-order valence-electron chi connectivity index (χ1n) is 7.95. The number of carboxylic acid groups (broad SMARTS) is 1. The van der Waals surface area contributed by atoms with Gasteiger partial charge in [-0.2, -0.15) is 0 Å². The summed E-state index contributed by atoms with van der Waals surface area (Å²) < 4.78 is 10.9. The van der Waals surface area contributed by atoms with Gasteiger partial charge in [0.05, 0.1) is 13.2 Å². The van der Waals surface area contributed by atoms with Crippen LogP contribution in [0.1, 0.15) is 39.5 Å². The zero-order chi connectivity index (χ0) is 15.7. The summed E-state index contributed by atoms with van der Waals surface area (Å²) in [6, 6.07) is 0.195. The van der Waals surface area contributed by atoms with Crippen LogP contribution in [0.2, 0.25) is 0 Å². The van der Waals surface area contributed by atoms with E-state index in [2.05, 4.69) is 4.90 Å². The van der Waals surface area contributed by atoms with Crippen molar-refractivity contribution < 1.29 is 19.4 Å². The SMILES string of the molecule is CCOCCN(CCOCC)C1CCCC(N)(C(=O)O)C1. The van der Waals surface area contributed by atoms with Crippen LogP contribution in [0.25, 0.3) is 0 Å². The van der Waals surface area contributed by atoms with Crippen molar-refractivity contribution in [1.29, 1.82) is 0 Å². The summed E-state index contributed by atoms with van der Waals surface area (Å²) in [6.07, 6.45) is 2.90. The monoisotopic (exact) mass is 302 g/mol. The van der Waals surface area contributed by atoms with Gasteiger partial charge in [-0.3, -0.25) is 9.69 Å². The van der Waals surface area contributed by atoms with Gasteiger partial charge in [-0.1, -0.05) is 0 Å². The maximum atomic E-state index is 11.4. The van der Waals surface area contributed by atoms with Gasteiger partial charge in [0, 0.05) is 32.3 Å². The lowest BCUT2D eigenvalue weighted by Crippen LogP contribution is -2.56. The number of hydrogen-bond acceptors (Lipinski definition) is 5. The van der Waals surface area contributed by atoms with Crippen LogP contribution in [0.5, 0.6) is 0 Å². The van der Waals surface area contributed by atoms with Crippen molar-refractivity contribution in [2.24, 2.45) is 5.73 Å². The fraction of sp³-hybridized carbons (Fsp3) is 0.933. The number of ether oxygens (including phenoxy) is 2. The number of nitrogens with zero attached hydrogens (tertiary/aromatic N) is 1. The van der Waals surface area contributed by atoms with Crippen LogP contribution in [0.4, 0.5) is 0 Å². The zero-order valence-electron chi connectivity index (χ0n) is 13.3. The van der Waals surface area contributed by atoms with Gasteiger partial charge in [-0.15, -0.1) is 0 Å². The number of hydrogen-bond donors (Lipinski definition) is 2. The molecule has 0 aromatic rings. The molecule has 1 aliphatic rings. The molecule has 0 aliphatic heterocycles. The Kier molecular flexibility index (Phi) is 8.18. The van der Waals surface area contributed by atoms with Gasteiger partial charge in [-0.05, 0) is 39.5 Å². The molecule has 0 aromatic heterocycles. The second-order valence-corrected chi connectivity index (χ2v) is 5.64. The minimum absolute atomic E-state index is 0.195. The highest BCUT2D eigenvalue weighted by molar-refractivity contribution is 5.78. The van der Waals surface area contributed by atoms with Crippen molar-refractivity contribution in [3.63, 3.8) is 0 Å². The quantitative estimate of drug-likeness (QED) is 0.588. The van der Waals surface area contributed by atoms with Gasteiger partial charge < -0.3 is 20.3 Å². The van der Waals surface area contributed by atoms with Crippen LogP contribution in [0.3, 0.4) is 0 Å². The lowest BCUT2D eigenvalue weighted by atomic mass is 9.79. The Hall–Kier alpha value is -0.690. The van der Waals surface area contributed by atoms with Crippen molar-refractivity contribution in [3.8, 4) is 0 Å². The molecule has 21 heavy (non-hydrogen) atoms. The van der Waals surface area contributed by atoms with Crippen LogP contribution >= 0.6 is 0 Å². The molecule has 6 nitrogen and oxygen atoms in total. The van der Waals surface area contributed by atoms with E-state index < -0.39 is 11.5 Å². The average molecular weight is 302 g/mol. The van der Waals surface area contributed by atoms with Crippen LogP contribution in [-0.4, -0.2) is 67.1 Å². The summed E-state index contributed by atoms with van der Waals surface area (Å²) >= 11 is 0. The zero-order valence-corrected chi connectivity index (χ0v) is 13.3. The topological polar surface area (TPSA) is 85.0 Å². The number of aliphatic carboxylic acids is 1. The van der Waals surface area contributed by atoms with Crippen LogP contribution in [0, 0.1) is 0 Å². The molecule has 0 aromatic carbocycles. The predicted molar refractivity (Wildman–Crippen MR) is 81.4 cm³/mol. The molecule has 0 radical (unpaired) electrons. The van der Waals surface area contributed by atoms with E-state index in [0.717, 1.165) is 25.9 Å². The van der Waals surface area contributed by atoms with Crippen molar-refractivity contribution in [2.45, 2.75) is 51.1 Å². The smallest absolute Gasteiger partial charge is 0.323 e. The second-order valence-electron chi connectivity index (χ2n) is 5.64. The fourth-order valence-corrected chi connectivity index (χ4v) is 2.91. The second kappa shape index (κ2) is 9.35. The Balaban J connectivity index is 2.59. The van der Waals surface area contributed by atoms with E-state index in [1.165, 1.54) is 0 Å². The lowest BCUT2D eigenvalue weighted by Gasteiger charge is -2.40. The number of carbonyl (C=O) groups is 1. The molecular formula is C15H30N2O4. The summed E-state index contributed by atoms with van der Waals surface area (Å²) in [5.41, 5.74) is 4.97. The van der Waals surface area contributed by atoms with Crippen LogP contribution in [0.15, 0.2) is 0 Å². The van der Waals surface area contributed by atoms with Crippen molar-refractivity contribution in [2.75, 3.05) is 39.5 Å². The van der Waals surface area contributed by atoms with E-state index in [1.807, 2.05) is 13.8 Å². The molecule has 0 spiro atoms. The molecule has 6 heteroatoms. The van der Waals surface area contributed by atoms with Gasteiger partial charge in [-0.25, -0.2) is 0 Å². The Morgan fingerprint density at radius 1 is 1.29 bits per heavy atom. The molecule has 2 atom stereocenters. The lowest BCUT2D eigenvalue weighted by molar-refractivity contribution is -0.145. The summed E-state index contributed by atoms with van der Waals surface area (Å²) in [7, 11) is 0. The number of nitrogens with two attached hydrogens (primary N) is 1. The van der Waals surface area contributed by atoms with Gasteiger partial charge >= 0.3 is 5.97 Å². The molecule has 0 bridgehead atoms. The van der Waals surface area contributed by atoms with E-state index in [9.17, 15) is 9.90 Å². The maximum Gasteiger partial charge on any atom is 0.323 e. The molecule has 0 amide bonds. The van der Waals surface area contributed by atoms with Crippen molar-refractivity contribution in [3.05, 3.63) is 0 Å². The molecule has 1 saturated carbocycles. The Morgan fingerprint density at radius 2 is 1.86 bits per heavy atom. The molecule has 1 fully saturated rings. The number of rotatable bonds is 10. The fourth-order valence-electron chi connectivity index (χ4n) is 2.91. The van der Waals surface area contributed by atoms with Crippen LogP contribution < -0.4 is 5.73 Å². The minimum Gasteiger partial charge on any atom is -0.480 e. The van der Waals surface area contributed by atoms with Gasteiger partial charge in [0.2, 0.25) is 0 Å². The first kappa shape index (κ1) is 18.4.